The number of nitrogens with zero attached hydrogens (tertiary/aromatic N) is 1. The molecule has 0 spiro atoms. The predicted octanol–water partition coefficient (Wildman–Crippen LogP) is 1.72. The van der Waals surface area contributed by atoms with Gasteiger partial charge in [0.1, 0.15) is 0 Å². The van der Waals surface area contributed by atoms with Crippen LogP contribution >= 0.6 is 0 Å². The first kappa shape index (κ1) is 10.4. The van der Waals surface area contributed by atoms with Crippen molar-refractivity contribution in [3.05, 3.63) is 0 Å². The molecule has 0 heterocycles. The predicted molar refractivity (Wildman–Crippen MR) is 60.4 cm³/mol. The average molecular weight is 196 g/mol. The fraction of sp³-hybridized carbons (Fsp3) is 1.00. The van der Waals surface area contributed by atoms with Crippen molar-refractivity contribution < 1.29 is 0 Å². The van der Waals surface area contributed by atoms with Gasteiger partial charge in [-0.05, 0) is 57.7 Å². The van der Waals surface area contributed by atoms with E-state index in [1.807, 2.05) is 0 Å². The zero-order valence-corrected chi connectivity index (χ0v) is 9.63. The Labute approximate surface area is 88.1 Å². The monoisotopic (exact) mass is 196 g/mol. The summed E-state index contributed by atoms with van der Waals surface area (Å²) in [6.45, 7) is 6.18. The van der Waals surface area contributed by atoms with E-state index < -0.39 is 0 Å². The van der Waals surface area contributed by atoms with Crippen molar-refractivity contribution in [2.45, 2.75) is 38.6 Å². The highest BCUT2D eigenvalue weighted by molar-refractivity contribution is 4.84. The van der Waals surface area contributed by atoms with Crippen molar-refractivity contribution in [3.8, 4) is 0 Å². The molecule has 2 unspecified atom stereocenters. The Morgan fingerprint density at radius 1 is 1.36 bits per heavy atom. The highest BCUT2D eigenvalue weighted by Crippen LogP contribution is 2.37. The Bertz CT molecular complexity index is 177. The number of rotatable bonds is 7. The highest BCUT2D eigenvalue weighted by Gasteiger charge is 2.32. The summed E-state index contributed by atoms with van der Waals surface area (Å²) < 4.78 is 0. The molecule has 2 nitrogen and oxygen atoms in total. The Morgan fingerprint density at radius 3 is 2.64 bits per heavy atom. The summed E-state index contributed by atoms with van der Waals surface area (Å²) >= 11 is 0. The molecule has 2 saturated carbocycles. The molecule has 82 valence electrons. The van der Waals surface area contributed by atoms with Gasteiger partial charge >= 0.3 is 0 Å². The van der Waals surface area contributed by atoms with Crippen LogP contribution in [-0.4, -0.2) is 37.6 Å². The minimum atomic E-state index is 0.878. The first-order valence-electron chi connectivity index (χ1n) is 6.17. The van der Waals surface area contributed by atoms with Crippen LogP contribution < -0.4 is 5.32 Å². The molecule has 0 saturated heterocycles. The van der Waals surface area contributed by atoms with Gasteiger partial charge in [0.25, 0.3) is 0 Å². The van der Waals surface area contributed by atoms with Crippen molar-refractivity contribution in [2.24, 2.45) is 11.8 Å². The van der Waals surface area contributed by atoms with Crippen LogP contribution in [0.2, 0.25) is 0 Å². The molecule has 2 aliphatic carbocycles. The molecule has 2 atom stereocenters. The van der Waals surface area contributed by atoms with Crippen LogP contribution in [0.3, 0.4) is 0 Å². The second kappa shape index (κ2) is 4.63. The topological polar surface area (TPSA) is 15.3 Å². The molecule has 0 bridgehead atoms. The maximum absolute atomic E-state index is 3.56. The molecular weight excluding hydrogens is 172 g/mol. The first-order valence-corrected chi connectivity index (χ1v) is 6.17. The van der Waals surface area contributed by atoms with Gasteiger partial charge in [0.2, 0.25) is 0 Å². The molecule has 0 radical (unpaired) electrons. The van der Waals surface area contributed by atoms with E-state index in [-0.39, 0.29) is 0 Å². The number of hydrogen-bond donors (Lipinski definition) is 1. The lowest BCUT2D eigenvalue weighted by Crippen LogP contribution is -2.26. The van der Waals surface area contributed by atoms with Crippen LogP contribution in [0.5, 0.6) is 0 Å². The van der Waals surface area contributed by atoms with E-state index in [2.05, 4.69) is 24.2 Å². The van der Waals surface area contributed by atoms with E-state index in [0.717, 1.165) is 17.9 Å². The lowest BCUT2D eigenvalue weighted by atomic mass is 10.3. The summed E-state index contributed by atoms with van der Waals surface area (Å²) in [6.07, 6.45) is 5.60. The molecule has 0 aliphatic heterocycles. The normalized spacial score (nSPS) is 31.1. The van der Waals surface area contributed by atoms with Gasteiger partial charge in [0.15, 0.2) is 0 Å². The first-order chi connectivity index (χ1) is 6.75. The molecule has 0 aromatic rings. The summed E-state index contributed by atoms with van der Waals surface area (Å²) in [4.78, 5) is 2.50. The van der Waals surface area contributed by atoms with Gasteiger partial charge in [0.05, 0.1) is 0 Å². The molecule has 0 amide bonds. The molecule has 14 heavy (non-hydrogen) atoms. The standard InChI is InChI=1S/C12H24N2/c1-10-8-11(10)9-14(2)7-3-6-13-12-4-5-12/h10-13H,3-9H2,1-2H3. The van der Waals surface area contributed by atoms with Crippen molar-refractivity contribution in [2.75, 3.05) is 26.7 Å². The maximum Gasteiger partial charge on any atom is 0.00682 e. The second-order valence-corrected chi connectivity index (χ2v) is 5.32. The van der Waals surface area contributed by atoms with Gasteiger partial charge < -0.3 is 10.2 Å². The molecular formula is C12H24N2. The molecule has 2 fully saturated rings. The minimum Gasteiger partial charge on any atom is -0.314 e. The van der Waals surface area contributed by atoms with Gasteiger partial charge in [-0.2, -0.15) is 0 Å². The van der Waals surface area contributed by atoms with Crippen LogP contribution in [0.4, 0.5) is 0 Å². The Morgan fingerprint density at radius 2 is 2.07 bits per heavy atom. The smallest absolute Gasteiger partial charge is 0.00682 e. The third-order valence-electron chi connectivity index (χ3n) is 3.55. The zero-order valence-electron chi connectivity index (χ0n) is 9.63. The Balaban J connectivity index is 1.43. The fourth-order valence-corrected chi connectivity index (χ4v) is 2.09. The number of hydrogen-bond acceptors (Lipinski definition) is 2. The largest absolute Gasteiger partial charge is 0.314 e. The van der Waals surface area contributed by atoms with E-state index in [1.165, 1.54) is 45.3 Å². The van der Waals surface area contributed by atoms with Gasteiger partial charge in [-0.3, -0.25) is 0 Å². The van der Waals surface area contributed by atoms with Gasteiger partial charge in [-0.1, -0.05) is 6.92 Å². The molecule has 2 rings (SSSR count). The van der Waals surface area contributed by atoms with E-state index in [1.54, 1.807) is 0 Å². The second-order valence-electron chi connectivity index (χ2n) is 5.32. The summed E-state index contributed by atoms with van der Waals surface area (Å²) in [5.41, 5.74) is 0. The molecule has 2 aliphatic rings. The number of nitrogens with one attached hydrogen (secondary N) is 1. The summed E-state index contributed by atoms with van der Waals surface area (Å²) in [7, 11) is 2.27. The van der Waals surface area contributed by atoms with Crippen LogP contribution in [-0.2, 0) is 0 Å². The van der Waals surface area contributed by atoms with Crippen LogP contribution in [0.15, 0.2) is 0 Å². The fourth-order valence-electron chi connectivity index (χ4n) is 2.09. The Kier molecular flexibility index (Phi) is 3.45. The molecule has 0 aromatic heterocycles. The maximum atomic E-state index is 3.56. The molecule has 2 heteroatoms. The Hall–Kier alpha value is -0.0800. The summed E-state index contributed by atoms with van der Waals surface area (Å²) in [5, 5.41) is 3.56. The van der Waals surface area contributed by atoms with Crippen molar-refractivity contribution in [1.82, 2.24) is 10.2 Å². The van der Waals surface area contributed by atoms with E-state index in [9.17, 15) is 0 Å². The molecule has 1 N–H and O–H groups in total. The third-order valence-corrected chi connectivity index (χ3v) is 3.55. The quantitative estimate of drug-likeness (QED) is 0.624. The summed E-state index contributed by atoms with van der Waals surface area (Å²) in [6, 6.07) is 0.878. The van der Waals surface area contributed by atoms with Crippen molar-refractivity contribution in [1.29, 1.82) is 0 Å². The van der Waals surface area contributed by atoms with E-state index in [0.29, 0.717) is 0 Å². The lowest BCUT2D eigenvalue weighted by Gasteiger charge is -2.16. The zero-order chi connectivity index (χ0) is 9.97. The lowest BCUT2D eigenvalue weighted by molar-refractivity contribution is 0.309. The molecule has 0 aromatic carbocycles. The van der Waals surface area contributed by atoms with E-state index in [4.69, 9.17) is 0 Å². The van der Waals surface area contributed by atoms with Crippen LogP contribution in [0, 0.1) is 11.8 Å². The summed E-state index contributed by atoms with van der Waals surface area (Å²) in [5.74, 6) is 2.01. The highest BCUT2D eigenvalue weighted by atomic mass is 15.1. The van der Waals surface area contributed by atoms with Crippen molar-refractivity contribution in [3.63, 3.8) is 0 Å². The van der Waals surface area contributed by atoms with Crippen LogP contribution in [0.1, 0.15) is 32.6 Å². The third kappa shape index (κ3) is 3.58. The van der Waals surface area contributed by atoms with Crippen molar-refractivity contribution >= 4 is 0 Å². The average Bonchev–Trinajstić information content (AvgIpc) is 3.01. The van der Waals surface area contributed by atoms with E-state index >= 15 is 0 Å². The van der Waals surface area contributed by atoms with Gasteiger partial charge in [-0.15, -0.1) is 0 Å². The SMILES string of the molecule is CC1CC1CN(C)CCCNC1CC1. The van der Waals surface area contributed by atoms with Gasteiger partial charge in [-0.25, -0.2) is 0 Å². The minimum absolute atomic E-state index is 0.878. The van der Waals surface area contributed by atoms with Gasteiger partial charge in [0, 0.05) is 12.6 Å². The van der Waals surface area contributed by atoms with Crippen LogP contribution in [0.25, 0.3) is 0 Å².